The van der Waals surface area contributed by atoms with Gasteiger partial charge in [0.1, 0.15) is 5.82 Å². The van der Waals surface area contributed by atoms with Gasteiger partial charge in [-0.15, -0.1) is 0 Å². The zero-order chi connectivity index (χ0) is 11.3. The number of aromatic nitrogens is 1. The minimum Gasteiger partial charge on any atom is -0.356 e. The second-order valence-corrected chi connectivity index (χ2v) is 5.05. The van der Waals surface area contributed by atoms with E-state index >= 15 is 0 Å². The fourth-order valence-corrected chi connectivity index (χ4v) is 2.87. The molecular formula is C13H16N2O. The molecule has 0 radical (unpaired) electrons. The number of aldehydes is 1. The maximum atomic E-state index is 10.7. The predicted octanol–water partition coefficient (Wildman–Crippen LogP) is 1.90. The van der Waals surface area contributed by atoms with E-state index in [1.807, 2.05) is 19.1 Å². The topological polar surface area (TPSA) is 33.2 Å². The molecule has 1 aromatic heterocycles. The van der Waals surface area contributed by atoms with Crippen molar-refractivity contribution in [2.24, 2.45) is 17.8 Å². The summed E-state index contributed by atoms with van der Waals surface area (Å²) in [5, 5.41) is 0. The Balaban J connectivity index is 1.81. The first-order valence-electron chi connectivity index (χ1n) is 5.88. The molecular weight excluding hydrogens is 200 g/mol. The lowest BCUT2D eigenvalue weighted by Crippen LogP contribution is -2.24. The Morgan fingerprint density at radius 2 is 2.06 bits per heavy atom. The zero-order valence-electron chi connectivity index (χ0n) is 9.68. The molecule has 1 saturated heterocycles. The summed E-state index contributed by atoms with van der Waals surface area (Å²) in [7, 11) is 0. The van der Waals surface area contributed by atoms with E-state index in [0.29, 0.717) is 5.56 Å². The molecule has 2 atom stereocenters. The molecule has 2 fully saturated rings. The Morgan fingerprint density at radius 1 is 1.38 bits per heavy atom. The van der Waals surface area contributed by atoms with Crippen LogP contribution in [0.3, 0.4) is 0 Å². The molecule has 2 unspecified atom stereocenters. The van der Waals surface area contributed by atoms with Crippen LogP contribution in [0.1, 0.15) is 23.0 Å². The third-order valence-corrected chi connectivity index (χ3v) is 4.19. The maximum absolute atomic E-state index is 10.7. The predicted molar refractivity (Wildman–Crippen MR) is 62.7 cm³/mol. The number of nitrogens with zero attached hydrogens (tertiary/aromatic N) is 2. The van der Waals surface area contributed by atoms with Crippen molar-refractivity contribution in [2.45, 2.75) is 13.8 Å². The van der Waals surface area contributed by atoms with Crippen LogP contribution in [-0.4, -0.2) is 24.4 Å². The molecule has 1 aromatic rings. The maximum Gasteiger partial charge on any atom is 0.151 e. The van der Waals surface area contributed by atoms with Crippen LogP contribution in [0.5, 0.6) is 0 Å². The summed E-state index contributed by atoms with van der Waals surface area (Å²) in [4.78, 5) is 17.6. The average Bonchev–Trinajstić information content (AvgIpc) is 2.75. The van der Waals surface area contributed by atoms with Crippen LogP contribution in [-0.2, 0) is 0 Å². The van der Waals surface area contributed by atoms with Gasteiger partial charge in [-0.05, 0) is 36.8 Å². The number of hydrogen-bond acceptors (Lipinski definition) is 3. The first kappa shape index (κ1) is 9.82. The van der Waals surface area contributed by atoms with Gasteiger partial charge >= 0.3 is 0 Å². The monoisotopic (exact) mass is 216 g/mol. The summed E-state index contributed by atoms with van der Waals surface area (Å²) in [5.74, 6) is 3.70. The van der Waals surface area contributed by atoms with Gasteiger partial charge in [0, 0.05) is 18.7 Å². The lowest BCUT2D eigenvalue weighted by atomic mass is 10.2. The van der Waals surface area contributed by atoms with Gasteiger partial charge in [0.2, 0.25) is 0 Å². The van der Waals surface area contributed by atoms with Gasteiger partial charge in [0.15, 0.2) is 6.29 Å². The summed E-state index contributed by atoms with van der Waals surface area (Å²) >= 11 is 0. The normalized spacial score (nSPS) is 31.4. The number of piperidine rings is 1. The molecule has 3 heteroatoms. The van der Waals surface area contributed by atoms with Gasteiger partial charge in [-0.2, -0.15) is 0 Å². The number of fused-ring (bicyclic) bond motifs is 1. The van der Waals surface area contributed by atoms with E-state index in [1.54, 1.807) is 0 Å². The van der Waals surface area contributed by atoms with Crippen LogP contribution in [0, 0.1) is 24.7 Å². The highest BCUT2D eigenvalue weighted by molar-refractivity contribution is 5.76. The van der Waals surface area contributed by atoms with Crippen molar-refractivity contribution in [3.63, 3.8) is 0 Å². The number of carbonyl (C=O) groups is 1. The number of anilines is 1. The van der Waals surface area contributed by atoms with Crippen molar-refractivity contribution in [1.82, 2.24) is 4.98 Å². The lowest BCUT2D eigenvalue weighted by Gasteiger charge is -2.20. The molecule has 0 bridgehead atoms. The number of carbonyl (C=O) groups excluding carboxylic acids is 1. The van der Waals surface area contributed by atoms with E-state index < -0.39 is 0 Å². The Hall–Kier alpha value is -1.38. The molecule has 1 aliphatic carbocycles. The Kier molecular flexibility index (Phi) is 2.03. The average molecular weight is 216 g/mol. The minimum absolute atomic E-state index is 0.696. The molecule has 0 N–H and O–H groups in total. The van der Waals surface area contributed by atoms with E-state index in [0.717, 1.165) is 48.6 Å². The molecule has 3 rings (SSSR count). The summed E-state index contributed by atoms with van der Waals surface area (Å²) in [5.41, 5.74) is 1.53. The summed E-state index contributed by atoms with van der Waals surface area (Å²) in [6.07, 6.45) is 0.871. The fourth-order valence-electron chi connectivity index (χ4n) is 2.87. The van der Waals surface area contributed by atoms with Gasteiger partial charge in [-0.3, -0.25) is 4.79 Å². The molecule has 1 saturated carbocycles. The van der Waals surface area contributed by atoms with Crippen molar-refractivity contribution in [1.29, 1.82) is 0 Å². The van der Waals surface area contributed by atoms with Crippen molar-refractivity contribution >= 4 is 12.1 Å². The SMILES string of the molecule is Cc1nc(N2CC3C(C)C3C2)ccc1C=O. The minimum atomic E-state index is 0.696. The van der Waals surface area contributed by atoms with Crippen molar-refractivity contribution in [3.05, 3.63) is 23.4 Å². The van der Waals surface area contributed by atoms with Crippen LogP contribution in [0.25, 0.3) is 0 Å². The van der Waals surface area contributed by atoms with E-state index in [9.17, 15) is 4.79 Å². The zero-order valence-corrected chi connectivity index (χ0v) is 9.68. The Morgan fingerprint density at radius 3 is 2.62 bits per heavy atom. The van der Waals surface area contributed by atoms with Crippen LogP contribution in [0.15, 0.2) is 12.1 Å². The van der Waals surface area contributed by atoms with Crippen LogP contribution in [0.4, 0.5) is 5.82 Å². The molecule has 3 nitrogen and oxygen atoms in total. The molecule has 1 aliphatic heterocycles. The van der Waals surface area contributed by atoms with Gasteiger partial charge in [0.25, 0.3) is 0 Å². The second-order valence-electron chi connectivity index (χ2n) is 5.05. The molecule has 0 aromatic carbocycles. The van der Waals surface area contributed by atoms with Gasteiger partial charge < -0.3 is 4.90 Å². The van der Waals surface area contributed by atoms with Crippen LogP contribution >= 0.6 is 0 Å². The van der Waals surface area contributed by atoms with E-state index in [2.05, 4.69) is 16.8 Å². The largest absolute Gasteiger partial charge is 0.356 e. The number of pyridine rings is 1. The Labute approximate surface area is 95.5 Å². The summed E-state index contributed by atoms with van der Waals surface area (Å²) in [6, 6.07) is 3.84. The number of rotatable bonds is 2. The van der Waals surface area contributed by atoms with E-state index in [-0.39, 0.29) is 0 Å². The van der Waals surface area contributed by atoms with Crippen molar-refractivity contribution in [3.8, 4) is 0 Å². The Bertz CT molecular complexity index is 432. The quantitative estimate of drug-likeness (QED) is 0.708. The van der Waals surface area contributed by atoms with Crippen molar-refractivity contribution in [2.75, 3.05) is 18.0 Å². The molecule has 2 heterocycles. The van der Waals surface area contributed by atoms with Crippen LogP contribution in [0.2, 0.25) is 0 Å². The molecule has 2 aliphatic rings. The highest BCUT2D eigenvalue weighted by Gasteiger charge is 2.52. The van der Waals surface area contributed by atoms with E-state index in [4.69, 9.17) is 0 Å². The smallest absolute Gasteiger partial charge is 0.151 e. The van der Waals surface area contributed by atoms with Crippen LogP contribution < -0.4 is 4.90 Å². The lowest BCUT2D eigenvalue weighted by molar-refractivity contribution is 0.112. The van der Waals surface area contributed by atoms with Crippen molar-refractivity contribution < 1.29 is 4.79 Å². The number of hydrogen-bond donors (Lipinski definition) is 0. The number of aryl methyl sites for hydroxylation is 1. The van der Waals surface area contributed by atoms with Gasteiger partial charge in [0.05, 0.1) is 5.69 Å². The molecule has 16 heavy (non-hydrogen) atoms. The second kappa shape index (κ2) is 3.30. The molecule has 84 valence electrons. The molecule has 0 spiro atoms. The first-order chi connectivity index (χ1) is 7.70. The summed E-state index contributed by atoms with van der Waals surface area (Å²) < 4.78 is 0. The fraction of sp³-hybridized carbons (Fsp3) is 0.538. The van der Waals surface area contributed by atoms with Gasteiger partial charge in [-0.1, -0.05) is 6.92 Å². The standard InChI is InChI=1S/C13H16N2O/c1-8-11-5-15(6-12(8)11)13-4-3-10(7-16)9(2)14-13/h3-4,7-8,11-12H,5-6H2,1-2H3. The van der Waals surface area contributed by atoms with E-state index in [1.165, 1.54) is 0 Å². The highest BCUT2D eigenvalue weighted by atomic mass is 16.1. The third-order valence-electron chi connectivity index (χ3n) is 4.19. The third kappa shape index (κ3) is 1.34. The van der Waals surface area contributed by atoms with Gasteiger partial charge in [-0.25, -0.2) is 4.98 Å². The first-order valence-corrected chi connectivity index (χ1v) is 5.88. The highest BCUT2D eigenvalue weighted by Crippen LogP contribution is 2.51. The molecule has 0 amide bonds. The summed E-state index contributed by atoms with van der Waals surface area (Å²) in [6.45, 7) is 6.50.